The molecule has 1 aliphatic rings. The second kappa shape index (κ2) is 12.2. The first kappa shape index (κ1) is 28.8. The predicted molar refractivity (Wildman–Crippen MR) is 148 cm³/mol. The lowest BCUT2D eigenvalue weighted by molar-refractivity contribution is -0.139. The summed E-state index contributed by atoms with van der Waals surface area (Å²) in [5.74, 6) is -0.790. The summed E-state index contributed by atoms with van der Waals surface area (Å²) in [5, 5.41) is 3.73. The fourth-order valence-corrected chi connectivity index (χ4v) is 5.62. The number of halogens is 3. The van der Waals surface area contributed by atoms with Crippen molar-refractivity contribution in [2.75, 3.05) is 17.1 Å². The SMILES string of the molecule is Cc1cc(N(CC(=O)N(Cc2ccc(Cl)c(Cl)c2)[C@H](C)C(=O)NC2CCCC2)S(C)(=O)=O)ccc1Br. The number of rotatable bonds is 9. The molecule has 0 radical (unpaired) electrons. The lowest BCUT2D eigenvalue weighted by Crippen LogP contribution is -2.52. The number of nitrogens with zero attached hydrogens (tertiary/aromatic N) is 2. The van der Waals surface area contributed by atoms with Crippen LogP contribution in [0.1, 0.15) is 43.7 Å². The Morgan fingerprint density at radius 1 is 1.11 bits per heavy atom. The molecule has 1 fully saturated rings. The van der Waals surface area contributed by atoms with Crippen molar-refractivity contribution in [1.29, 1.82) is 0 Å². The highest BCUT2D eigenvalue weighted by Crippen LogP contribution is 2.27. The highest BCUT2D eigenvalue weighted by molar-refractivity contribution is 9.10. The Morgan fingerprint density at radius 2 is 1.78 bits per heavy atom. The number of nitrogens with one attached hydrogen (secondary N) is 1. The van der Waals surface area contributed by atoms with Crippen LogP contribution in [0.25, 0.3) is 0 Å². The van der Waals surface area contributed by atoms with E-state index in [1.54, 1.807) is 43.3 Å². The highest BCUT2D eigenvalue weighted by Gasteiger charge is 2.31. The molecule has 0 spiro atoms. The molecule has 1 atom stereocenters. The van der Waals surface area contributed by atoms with Crippen molar-refractivity contribution >= 4 is 66.7 Å². The topological polar surface area (TPSA) is 86.8 Å². The molecule has 1 aliphatic carbocycles. The summed E-state index contributed by atoms with van der Waals surface area (Å²) in [5.41, 5.74) is 1.86. The van der Waals surface area contributed by atoms with E-state index in [9.17, 15) is 18.0 Å². The zero-order valence-electron chi connectivity index (χ0n) is 20.4. The van der Waals surface area contributed by atoms with Gasteiger partial charge >= 0.3 is 0 Å². The van der Waals surface area contributed by atoms with Gasteiger partial charge in [-0.15, -0.1) is 0 Å². The third kappa shape index (κ3) is 7.37. The van der Waals surface area contributed by atoms with Crippen LogP contribution in [0.2, 0.25) is 10.0 Å². The first-order chi connectivity index (χ1) is 16.9. The van der Waals surface area contributed by atoms with Crippen LogP contribution < -0.4 is 9.62 Å². The molecule has 1 saturated carbocycles. The van der Waals surface area contributed by atoms with Crippen molar-refractivity contribution in [3.63, 3.8) is 0 Å². The lowest BCUT2D eigenvalue weighted by Gasteiger charge is -2.32. The summed E-state index contributed by atoms with van der Waals surface area (Å²) in [7, 11) is -3.79. The molecule has 2 amide bonds. The number of hydrogen-bond donors (Lipinski definition) is 1. The van der Waals surface area contributed by atoms with Crippen LogP contribution in [0.4, 0.5) is 5.69 Å². The van der Waals surface area contributed by atoms with Crippen LogP contribution in [0.15, 0.2) is 40.9 Å². The quantitative estimate of drug-likeness (QED) is 0.413. The highest BCUT2D eigenvalue weighted by atomic mass is 79.9. The zero-order chi connectivity index (χ0) is 26.6. The van der Waals surface area contributed by atoms with Crippen molar-refractivity contribution in [3.8, 4) is 0 Å². The van der Waals surface area contributed by atoms with E-state index in [1.807, 2.05) is 6.92 Å². The fourth-order valence-electron chi connectivity index (χ4n) is 4.21. The number of amides is 2. The van der Waals surface area contributed by atoms with Crippen molar-refractivity contribution < 1.29 is 18.0 Å². The third-order valence-corrected chi connectivity index (χ3v) is 9.08. The lowest BCUT2D eigenvalue weighted by atomic mass is 10.1. The van der Waals surface area contributed by atoms with E-state index >= 15 is 0 Å². The first-order valence-electron chi connectivity index (χ1n) is 11.6. The van der Waals surface area contributed by atoms with Gasteiger partial charge in [-0.1, -0.05) is 58.0 Å². The van der Waals surface area contributed by atoms with E-state index < -0.39 is 28.5 Å². The van der Waals surface area contributed by atoms with E-state index in [1.165, 1.54) is 4.90 Å². The molecular weight excluding hydrogens is 589 g/mol. The largest absolute Gasteiger partial charge is 0.352 e. The van der Waals surface area contributed by atoms with Crippen LogP contribution >= 0.6 is 39.1 Å². The Morgan fingerprint density at radius 3 is 2.36 bits per heavy atom. The summed E-state index contributed by atoms with van der Waals surface area (Å²) in [6.45, 7) is 3.09. The van der Waals surface area contributed by atoms with Gasteiger partial charge in [0.15, 0.2) is 0 Å². The monoisotopic (exact) mass is 617 g/mol. The molecule has 0 aromatic heterocycles. The smallest absolute Gasteiger partial charge is 0.244 e. The molecule has 2 aromatic carbocycles. The van der Waals surface area contributed by atoms with Gasteiger partial charge in [0.1, 0.15) is 12.6 Å². The second-order valence-corrected chi connectivity index (χ2v) is 12.7. The molecule has 0 heterocycles. The van der Waals surface area contributed by atoms with E-state index in [2.05, 4.69) is 21.2 Å². The molecule has 11 heteroatoms. The van der Waals surface area contributed by atoms with Gasteiger partial charge in [-0.05, 0) is 68.1 Å². The van der Waals surface area contributed by atoms with Crippen LogP contribution in [0.5, 0.6) is 0 Å². The maximum Gasteiger partial charge on any atom is 0.244 e. The van der Waals surface area contributed by atoms with Crippen molar-refractivity contribution in [2.45, 2.75) is 58.2 Å². The maximum atomic E-state index is 13.6. The van der Waals surface area contributed by atoms with Crippen LogP contribution in [0.3, 0.4) is 0 Å². The molecule has 3 rings (SSSR count). The molecule has 0 aliphatic heterocycles. The summed E-state index contributed by atoms with van der Waals surface area (Å²) in [6, 6.07) is 9.29. The molecule has 196 valence electrons. The van der Waals surface area contributed by atoms with Crippen molar-refractivity contribution in [2.24, 2.45) is 0 Å². The second-order valence-electron chi connectivity index (χ2n) is 9.14. The van der Waals surface area contributed by atoms with E-state index in [4.69, 9.17) is 23.2 Å². The molecule has 0 unspecified atom stereocenters. The van der Waals surface area contributed by atoms with Gasteiger partial charge in [-0.25, -0.2) is 8.42 Å². The standard InChI is InChI=1S/C25H30BrCl2N3O4S/c1-16-12-20(9-10-21(16)26)31(36(3,34)35)15-24(32)30(14-18-8-11-22(27)23(28)13-18)17(2)25(33)29-19-6-4-5-7-19/h8-13,17,19H,4-7,14-15H2,1-3H3,(H,29,33)/t17-/m1/s1. The average molecular weight is 619 g/mol. The molecule has 2 aromatic rings. The number of carbonyl (C=O) groups is 2. The van der Waals surface area contributed by atoms with Crippen LogP contribution in [0, 0.1) is 6.92 Å². The minimum absolute atomic E-state index is 0.0615. The minimum Gasteiger partial charge on any atom is -0.352 e. The average Bonchev–Trinajstić information content (AvgIpc) is 3.31. The number of sulfonamides is 1. The Labute approximate surface area is 231 Å². The van der Waals surface area contributed by atoms with Gasteiger partial charge in [0.2, 0.25) is 21.8 Å². The Kier molecular flexibility index (Phi) is 9.71. The number of aryl methyl sites for hydroxylation is 1. The summed E-state index contributed by atoms with van der Waals surface area (Å²) in [4.78, 5) is 28.1. The number of hydrogen-bond acceptors (Lipinski definition) is 4. The van der Waals surface area contributed by atoms with Crippen LogP contribution in [-0.4, -0.2) is 50.0 Å². The van der Waals surface area contributed by atoms with E-state index in [-0.39, 0.29) is 18.5 Å². The molecule has 0 bridgehead atoms. The Balaban J connectivity index is 1.91. The normalized spacial score (nSPS) is 14.9. The number of carbonyl (C=O) groups excluding carboxylic acids is 2. The molecule has 7 nitrogen and oxygen atoms in total. The number of anilines is 1. The Bertz CT molecular complexity index is 1240. The molecule has 36 heavy (non-hydrogen) atoms. The summed E-state index contributed by atoms with van der Waals surface area (Å²) < 4.78 is 27.3. The number of benzene rings is 2. The van der Waals surface area contributed by atoms with E-state index in [0.717, 1.165) is 46.3 Å². The molecule has 1 N–H and O–H groups in total. The zero-order valence-corrected chi connectivity index (χ0v) is 24.3. The van der Waals surface area contributed by atoms with Gasteiger partial charge in [-0.3, -0.25) is 13.9 Å². The predicted octanol–water partition coefficient (Wildman–Crippen LogP) is 5.31. The van der Waals surface area contributed by atoms with Gasteiger partial charge in [0.05, 0.1) is 22.0 Å². The van der Waals surface area contributed by atoms with Crippen LogP contribution in [-0.2, 0) is 26.2 Å². The third-order valence-electron chi connectivity index (χ3n) is 6.31. The van der Waals surface area contributed by atoms with Gasteiger partial charge < -0.3 is 10.2 Å². The summed E-state index contributed by atoms with van der Waals surface area (Å²) in [6.07, 6.45) is 4.98. The Hall–Kier alpha value is -1.81. The van der Waals surface area contributed by atoms with Gasteiger partial charge in [0.25, 0.3) is 0 Å². The van der Waals surface area contributed by atoms with E-state index in [0.29, 0.717) is 21.3 Å². The van der Waals surface area contributed by atoms with Crippen molar-refractivity contribution in [3.05, 3.63) is 62.0 Å². The van der Waals surface area contributed by atoms with Crippen molar-refractivity contribution in [1.82, 2.24) is 10.2 Å². The van der Waals surface area contributed by atoms with Gasteiger partial charge in [-0.2, -0.15) is 0 Å². The maximum absolute atomic E-state index is 13.6. The minimum atomic E-state index is -3.79. The first-order valence-corrected chi connectivity index (χ1v) is 15.0. The fraction of sp³-hybridized carbons (Fsp3) is 0.440. The molecular formula is C25H30BrCl2N3O4S. The summed E-state index contributed by atoms with van der Waals surface area (Å²) >= 11 is 15.6. The molecule has 0 saturated heterocycles. The van der Waals surface area contributed by atoms with Gasteiger partial charge in [0, 0.05) is 17.1 Å².